The fraction of sp³-hybridized carbons (Fsp3) is 0.583. The maximum Gasteiger partial charge on any atom is 0.193 e. The van der Waals surface area contributed by atoms with Crippen LogP contribution in [0.1, 0.15) is 131 Å². The van der Waals surface area contributed by atoms with Gasteiger partial charge in [0.25, 0.3) is 0 Å². The van der Waals surface area contributed by atoms with Gasteiger partial charge in [-0.1, -0.05) is 134 Å². The molecular weight excluding hydrogens is 496 g/mol. The fourth-order valence-electron chi connectivity index (χ4n) is 5.18. The number of carbonyl (C=O) groups excluding carboxylic acids is 1. The van der Waals surface area contributed by atoms with Crippen molar-refractivity contribution in [2.75, 3.05) is 21.3 Å². The molecule has 2 aromatic carbocycles. The van der Waals surface area contributed by atoms with Crippen LogP contribution in [0.5, 0.6) is 17.2 Å². The molecule has 222 valence electrons. The van der Waals surface area contributed by atoms with Crippen LogP contribution in [-0.2, 0) is 6.42 Å². The van der Waals surface area contributed by atoms with Crippen molar-refractivity contribution >= 4 is 11.9 Å². The van der Waals surface area contributed by atoms with Gasteiger partial charge in [0.05, 0.1) is 21.3 Å². The smallest absolute Gasteiger partial charge is 0.193 e. The Hall–Kier alpha value is -2.75. The van der Waals surface area contributed by atoms with Crippen LogP contribution in [0.2, 0.25) is 0 Å². The standard InChI is InChI=1S/C36H54O4/c1-5-6-7-8-9-10-11-12-13-14-15-16-17-18-19-20-21-30-22-24-31(25-23-30)26-27-33(37)36-34(39-3)28-32(38-2)29-35(36)40-4/h22-29H,5-21H2,1-4H3. The van der Waals surface area contributed by atoms with E-state index in [0.717, 1.165) is 12.0 Å². The largest absolute Gasteiger partial charge is 0.496 e. The molecule has 4 nitrogen and oxygen atoms in total. The lowest BCUT2D eigenvalue weighted by atomic mass is 10.0. The number of benzene rings is 2. The Balaban J connectivity index is 1.59. The normalized spacial score (nSPS) is 11.2. The Morgan fingerprint density at radius 3 is 1.50 bits per heavy atom. The van der Waals surface area contributed by atoms with Crippen molar-refractivity contribution in [2.24, 2.45) is 0 Å². The lowest BCUT2D eigenvalue weighted by Crippen LogP contribution is -2.03. The molecule has 0 saturated carbocycles. The molecule has 2 rings (SSSR count). The van der Waals surface area contributed by atoms with Gasteiger partial charge < -0.3 is 14.2 Å². The molecule has 0 aliphatic rings. The van der Waals surface area contributed by atoms with Gasteiger partial charge in [0.15, 0.2) is 5.78 Å². The second-order valence-corrected chi connectivity index (χ2v) is 10.9. The molecule has 0 heterocycles. The second-order valence-electron chi connectivity index (χ2n) is 10.9. The van der Waals surface area contributed by atoms with E-state index in [4.69, 9.17) is 14.2 Å². The molecule has 0 saturated heterocycles. The third kappa shape index (κ3) is 13.1. The van der Waals surface area contributed by atoms with Crippen LogP contribution in [-0.4, -0.2) is 27.1 Å². The lowest BCUT2D eigenvalue weighted by Gasteiger charge is -2.13. The summed E-state index contributed by atoms with van der Waals surface area (Å²) in [5, 5.41) is 0. The summed E-state index contributed by atoms with van der Waals surface area (Å²) in [6, 6.07) is 11.9. The van der Waals surface area contributed by atoms with E-state index in [1.54, 1.807) is 25.3 Å². The van der Waals surface area contributed by atoms with Gasteiger partial charge in [-0.2, -0.15) is 0 Å². The van der Waals surface area contributed by atoms with E-state index >= 15 is 0 Å². The highest BCUT2D eigenvalue weighted by Gasteiger charge is 2.18. The van der Waals surface area contributed by atoms with Crippen LogP contribution in [0, 0.1) is 0 Å². The minimum absolute atomic E-state index is 0.173. The van der Waals surface area contributed by atoms with Crippen molar-refractivity contribution in [2.45, 2.75) is 116 Å². The highest BCUT2D eigenvalue weighted by atomic mass is 16.5. The molecule has 4 heteroatoms. The second kappa shape index (κ2) is 21.1. The van der Waals surface area contributed by atoms with E-state index in [1.165, 1.54) is 123 Å². The molecule has 0 aliphatic carbocycles. The molecule has 0 unspecified atom stereocenters. The third-order valence-electron chi connectivity index (χ3n) is 7.69. The number of ketones is 1. The molecule has 0 bridgehead atoms. The zero-order chi connectivity index (χ0) is 28.8. The van der Waals surface area contributed by atoms with E-state index in [0.29, 0.717) is 22.8 Å². The van der Waals surface area contributed by atoms with E-state index < -0.39 is 0 Å². The number of hydrogen-bond donors (Lipinski definition) is 0. The van der Waals surface area contributed by atoms with E-state index in [9.17, 15) is 4.79 Å². The zero-order valence-electron chi connectivity index (χ0n) is 25.8. The molecule has 0 fully saturated rings. The molecule has 0 amide bonds. The molecule has 0 N–H and O–H groups in total. The summed E-state index contributed by atoms with van der Waals surface area (Å²) < 4.78 is 16.1. The Bertz CT molecular complexity index is 952. The van der Waals surface area contributed by atoms with Crippen molar-refractivity contribution in [1.29, 1.82) is 0 Å². The summed E-state index contributed by atoms with van der Waals surface area (Å²) in [5.41, 5.74) is 2.74. The minimum Gasteiger partial charge on any atom is -0.496 e. The molecule has 0 radical (unpaired) electrons. The zero-order valence-corrected chi connectivity index (χ0v) is 25.8. The number of unbranched alkanes of at least 4 members (excludes halogenated alkanes) is 15. The maximum absolute atomic E-state index is 12.9. The lowest BCUT2D eigenvalue weighted by molar-refractivity contribution is 0.104. The summed E-state index contributed by atoms with van der Waals surface area (Å²) in [5.74, 6) is 1.27. The first-order valence-electron chi connectivity index (χ1n) is 15.7. The Morgan fingerprint density at radius 1 is 0.625 bits per heavy atom. The summed E-state index contributed by atoms with van der Waals surface area (Å²) in [6.07, 6.45) is 26.8. The number of allylic oxidation sites excluding steroid dienone is 1. The van der Waals surface area contributed by atoms with Crippen molar-refractivity contribution in [3.8, 4) is 17.2 Å². The van der Waals surface area contributed by atoms with E-state index in [2.05, 4.69) is 31.2 Å². The average molecular weight is 551 g/mol. The number of hydrogen-bond acceptors (Lipinski definition) is 4. The number of carbonyl (C=O) groups is 1. The van der Waals surface area contributed by atoms with Gasteiger partial charge in [-0.15, -0.1) is 0 Å². The van der Waals surface area contributed by atoms with Gasteiger partial charge >= 0.3 is 0 Å². The Kier molecular flexibility index (Phi) is 17.6. The molecule has 0 spiro atoms. The van der Waals surface area contributed by atoms with Crippen LogP contribution < -0.4 is 14.2 Å². The van der Waals surface area contributed by atoms with Crippen LogP contribution in [0.25, 0.3) is 6.08 Å². The number of aryl methyl sites for hydroxylation is 1. The first kappa shape index (κ1) is 33.5. The Labute approximate surface area is 244 Å². The van der Waals surface area contributed by atoms with Crippen LogP contribution in [0.15, 0.2) is 42.5 Å². The molecular formula is C36H54O4. The Morgan fingerprint density at radius 2 is 1.07 bits per heavy atom. The van der Waals surface area contributed by atoms with Crippen molar-refractivity contribution in [3.63, 3.8) is 0 Å². The van der Waals surface area contributed by atoms with Crippen molar-refractivity contribution in [3.05, 3.63) is 59.2 Å². The highest BCUT2D eigenvalue weighted by molar-refractivity contribution is 6.10. The summed E-state index contributed by atoms with van der Waals surface area (Å²) >= 11 is 0. The number of ether oxygens (including phenoxy) is 3. The van der Waals surface area contributed by atoms with Gasteiger partial charge in [0, 0.05) is 12.1 Å². The molecule has 2 aromatic rings. The van der Waals surface area contributed by atoms with Crippen LogP contribution in [0.4, 0.5) is 0 Å². The quantitative estimate of drug-likeness (QED) is 0.0784. The summed E-state index contributed by atoms with van der Waals surface area (Å²) in [4.78, 5) is 12.9. The summed E-state index contributed by atoms with van der Waals surface area (Å²) in [7, 11) is 4.64. The number of rotatable bonds is 23. The van der Waals surface area contributed by atoms with Gasteiger partial charge in [0.1, 0.15) is 22.8 Å². The first-order valence-corrected chi connectivity index (χ1v) is 15.7. The molecule has 0 aliphatic heterocycles. The molecule has 0 aromatic heterocycles. The van der Waals surface area contributed by atoms with E-state index in [-0.39, 0.29) is 5.78 Å². The van der Waals surface area contributed by atoms with Crippen LogP contribution >= 0.6 is 0 Å². The predicted molar refractivity (Wildman–Crippen MR) is 169 cm³/mol. The van der Waals surface area contributed by atoms with Crippen LogP contribution in [0.3, 0.4) is 0 Å². The minimum atomic E-state index is -0.173. The third-order valence-corrected chi connectivity index (χ3v) is 7.69. The molecule has 0 atom stereocenters. The fourth-order valence-corrected chi connectivity index (χ4v) is 5.18. The highest BCUT2D eigenvalue weighted by Crippen LogP contribution is 2.34. The van der Waals surface area contributed by atoms with Crippen molar-refractivity contribution < 1.29 is 19.0 Å². The van der Waals surface area contributed by atoms with Gasteiger partial charge in [-0.25, -0.2) is 0 Å². The van der Waals surface area contributed by atoms with Gasteiger partial charge in [-0.3, -0.25) is 4.79 Å². The monoisotopic (exact) mass is 550 g/mol. The number of methoxy groups -OCH3 is 3. The van der Waals surface area contributed by atoms with Crippen molar-refractivity contribution in [1.82, 2.24) is 0 Å². The topological polar surface area (TPSA) is 44.8 Å². The molecule has 40 heavy (non-hydrogen) atoms. The van der Waals surface area contributed by atoms with E-state index in [1.807, 2.05) is 6.08 Å². The van der Waals surface area contributed by atoms with Gasteiger partial charge in [-0.05, 0) is 30.0 Å². The van der Waals surface area contributed by atoms with Gasteiger partial charge in [0.2, 0.25) is 0 Å². The summed E-state index contributed by atoms with van der Waals surface area (Å²) in [6.45, 7) is 2.29. The first-order chi connectivity index (χ1) is 19.6. The average Bonchev–Trinajstić information content (AvgIpc) is 2.99. The SMILES string of the molecule is CCCCCCCCCCCCCCCCCCc1ccc(C=CC(=O)c2c(OC)cc(OC)cc2OC)cc1. The maximum atomic E-state index is 12.9. The predicted octanol–water partition coefficient (Wildman–Crippen LogP) is 10.4.